The molecule has 2 atom stereocenters. The van der Waals surface area contributed by atoms with Crippen molar-refractivity contribution in [2.24, 2.45) is 11.7 Å². The van der Waals surface area contributed by atoms with Crippen molar-refractivity contribution in [3.8, 4) is 0 Å². The maximum Gasteiger partial charge on any atom is 0.255 e. The number of rotatable bonds is 4. The Bertz CT molecular complexity index is 495. The highest BCUT2D eigenvalue weighted by Gasteiger charge is 2.33. The standard InChI is InChI=1S/C15H20BrFN2O/c1-2-19(14-5-3-4-10(14)9-18)15(20)12-7-6-11(17)8-13(12)16/h6-8,10,14H,2-5,9,18H2,1H3. The molecule has 0 saturated heterocycles. The van der Waals surface area contributed by atoms with Crippen LogP contribution in [0.2, 0.25) is 0 Å². The normalized spacial score (nSPS) is 22.0. The van der Waals surface area contributed by atoms with Gasteiger partial charge in [0.15, 0.2) is 0 Å². The molecule has 2 unspecified atom stereocenters. The van der Waals surface area contributed by atoms with E-state index in [9.17, 15) is 9.18 Å². The third kappa shape index (κ3) is 3.04. The van der Waals surface area contributed by atoms with E-state index in [1.54, 1.807) is 0 Å². The quantitative estimate of drug-likeness (QED) is 0.913. The summed E-state index contributed by atoms with van der Waals surface area (Å²) in [6.07, 6.45) is 3.19. The van der Waals surface area contributed by atoms with Gasteiger partial charge in [-0.25, -0.2) is 4.39 Å². The first kappa shape index (κ1) is 15.4. The molecule has 110 valence electrons. The minimum atomic E-state index is -0.350. The Morgan fingerprint density at radius 3 is 2.85 bits per heavy atom. The molecular formula is C15H20BrFN2O. The van der Waals surface area contributed by atoms with Gasteiger partial charge >= 0.3 is 0 Å². The summed E-state index contributed by atoms with van der Waals surface area (Å²) < 4.78 is 13.6. The van der Waals surface area contributed by atoms with Gasteiger partial charge < -0.3 is 10.6 Å². The van der Waals surface area contributed by atoms with Crippen LogP contribution < -0.4 is 5.73 Å². The lowest BCUT2D eigenvalue weighted by molar-refractivity contribution is 0.0651. The number of carbonyl (C=O) groups is 1. The summed E-state index contributed by atoms with van der Waals surface area (Å²) in [4.78, 5) is 14.6. The highest BCUT2D eigenvalue weighted by atomic mass is 79.9. The van der Waals surface area contributed by atoms with Crippen molar-refractivity contribution in [3.05, 3.63) is 34.1 Å². The second-order valence-electron chi connectivity index (χ2n) is 5.21. The van der Waals surface area contributed by atoms with Crippen LogP contribution in [-0.4, -0.2) is 29.9 Å². The molecule has 1 amide bonds. The molecule has 2 N–H and O–H groups in total. The number of nitrogens with zero attached hydrogens (tertiary/aromatic N) is 1. The number of nitrogens with two attached hydrogens (primary N) is 1. The van der Waals surface area contributed by atoms with Crippen LogP contribution in [0.5, 0.6) is 0 Å². The summed E-state index contributed by atoms with van der Waals surface area (Å²) in [5, 5.41) is 0. The summed E-state index contributed by atoms with van der Waals surface area (Å²) in [5.41, 5.74) is 6.32. The average Bonchev–Trinajstić information content (AvgIpc) is 2.87. The molecular weight excluding hydrogens is 323 g/mol. The molecule has 2 rings (SSSR count). The summed E-state index contributed by atoms with van der Waals surface area (Å²) in [7, 11) is 0. The van der Waals surface area contributed by atoms with Crippen molar-refractivity contribution >= 4 is 21.8 Å². The highest BCUT2D eigenvalue weighted by Crippen LogP contribution is 2.31. The third-order valence-corrected chi connectivity index (χ3v) is 4.74. The number of carbonyl (C=O) groups excluding carboxylic acids is 1. The third-order valence-electron chi connectivity index (χ3n) is 4.09. The van der Waals surface area contributed by atoms with Crippen molar-refractivity contribution in [2.45, 2.75) is 32.2 Å². The number of amides is 1. The monoisotopic (exact) mass is 342 g/mol. The average molecular weight is 343 g/mol. The van der Waals surface area contributed by atoms with Crippen molar-refractivity contribution in [1.29, 1.82) is 0 Å². The Kier molecular flexibility index (Phi) is 5.16. The van der Waals surface area contributed by atoms with Crippen LogP contribution in [0.1, 0.15) is 36.5 Å². The van der Waals surface area contributed by atoms with Gasteiger partial charge in [-0.15, -0.1) is 0 Å². The summed E-state index contributed by atoms with van der Waals surface area (Å²) >= 11 is 3.27. The van der Waals surface area contributed by atoms with Gasteiger partial charge in [0.05, 0.1) is 5.56 Å². The largest absolute Gasteiger partial charge is 0.336 e. The number of halogens is 2. The molecule has 0 bridgehead atoms. The van der Waals surface area contributed by atoms with Crippen LogP contribution in [0, 0.1) is 11.7 Å². The minimum absolute atomic E-state index is 0.0512. The van der Waals surface area contributed by atoms with Gasteiger partial charge in [0, 0.05) is 17.1 Å². The molecule has 0 heterocycles. The fourth-order valence-corrected chi connectivity index (χ4v) is 3.57. The first-order valence-corrected chi connectivity index (χ1v) is 7.83. The van der Waals surface area contributed by atoms with Gasteiger partial charge in [0.2, 0.25) is 0 Å². The number of hydrogen-bond acceptors (Lipinski definition) is 2. The van der Waals surface area contributed by atoms with E-state index < -0.39 is 0 Å². The van der Waals surface area contributed by atoms with E-state index in [0.717, 1.165) is 19.3 Å². The molecule has 1 aliphatic rings. The molecule has 0 aliphatic heterocycles. The number of hydrogen-bond donors (Lipinski definition) is 1. The first-order chi connectivity index (χ1) is 9.58. The molecule has 1 aromatic rings. The zero-order valence-corrected chi connectivity index (χ0v) is 13.2. The van der Waals surface area contributed by atoms with E-state index in [2.05, 4.69) is 15.9 Å². The summed E-state index contributed by atoms with van der Waals surface area (Å²) in [6, 6.07) is 4.39. The van der Waals surface area contributed by atoms with Crippen LogP contribution in [0.3, 0.4) is 0 Å². The van der Waals surface area contributed by atoms with Crippen LogP contribution >= 0.6 is 15.9 Å². The second-order valence-corrected chi connectivity index (χ2v) is 6.06. The van der Waals surface area contributed by atoms with Crippen molar-refractivity contribution in [1.82, 2.24) is 4.90 Å². The van der Waals surface area contributed by atoms with Crippen LogP contribution in [-0.2, 0) is 0 Å². The maximum atomic E-state index is 13.1. The van der Waals surface area contributed by atoms with Crippen LogP contribution in [0.4, 0.5) is 4.39 Å². The topological polar surface area (TPSA) is 46.3 Å². The lowest BCUT2D eigenvalue weighted by Crippen LogP contribution is -2.44. The van der Waals surface area contributed by atoms with Gasteiger partial charge in [0.25, 0.3) is 5.91 Å². The Hall–Kier alpha value is -0.940. The smallest absolute Gasteiger partial charge is 0.255 e. The number of benzene rings is 1. The zero-order chi connectivity index (χ0) is 14.7. The molecule has 0 aromatic heterocycles. The molecule has 1 aliphatic carbocycles. The van der Waals surface area contributed by atoms with E-state index in [0.29, 0.717) is 29.0 Å². The first-order valence-electron chi connectivity index (χ1n) is 7.04. The van der Waals surface area contributed by atoms with Crippen molar-refractivity contribution in [2.75, 3.05) is 13.1 Å². The molecule has 1 fully saturated rings. The fraction of sp³-hybridized carbons (Fsp3) is 0.533. The van der Waals surface area contributed by atoms with Gasteiger partial charge in [-0.3, -0.25) is 4.79 Å². The minimum Gasteiger partial charge on any atom is -0.336 e. The van der Waals surface area contributed by atoms with Crippen LogP contribution in [0.15, 0.2) is 22.7 Å². The highest BCUT2D eigenvalue weighted by molar-refractivity contribution is 9.10. The van der Waals surface area contributed by atoms with E-state index >= 15 is 0 Å². The molecule has 5 heteroatoms. The van der Waals surface area contributed by atoms with E-state index in [4.69, 9.17) is 5.73 Å². The molecule has 0 spiro atoms. The van der Waals surface area contributed by atoms with E-state index in [1.807, 2.05) is 11.8 Å². The summed E-state index contributed by atoms with van der Waals surface area (Å²) in [5.74, 6) is -0.0278. The molecule has 20 heavy (non-hydrogen) atoms. The second kappa shape index (κ2) is 6.68. The lowest BCUT2D eigenvalue weighted by Gasteiger charge is -2.32. The van der Waals surface area contributed by atoms with Gasteiger partial charge in [-0.05, 0) is 66.4 Å². The maximum absolute atomic E-state index is 13.1. The van der Waals surface area contributed by atoms with Gasteiger partial charge in [-0.2, -0.15) is 0 Å². The van der Waals surface area contributed by atoms with Crippen molar-refractivity contribution < 1.29 is 9.18 Å². The molecule has 3 nitrogen and oxygen atoms in total. The molecule has 1 saturated carbocycles. The summed E-state index contributed by atoms with van der Waals surface area (Å²) in [6.45, 7) is 3.23. The lowest BCUT2D eigenvalue weighted by atomic mass is 10.0. The van der Waals surface area contributed by atoms with E-state index in [-0.39, 0.29) is 17.8 Å². The van der Waals surface area contributed by atoms with Crippen LogP contribution in [0.25, 0.3) is 0 Å². The Morgan fingerprint density at radius 2 is 2.25 bits per heavy atom. The Morgan fingerprint density at radius 1 is 1.50 bits per heavy atom. The van der Waals surface area contributed by atoms with Gasteiger partial charge in [0.1, 0.15) is 5.82 Å². The zero-order valence-electron chi connectivity index (χ0n) is 11.6. The van der Waals surface area contributed by atoms with Crippen molar-refractivity contribution in [3.63, 3.8) is 0 Å². The predicted octanol–water partition coefficient (Wildman–Crippen LogP) is 3.18. The fourth-order valence-electron chi connectivity index (χ4n) is 3.05. The van der Waals surface area contributed by atoms with E-state index in [1.165, 1.54) is 18.2 Å². The Labute approximate surface area is 127 Å². The SMILES string of the molecule is CCN(C(=O)c1ccc(F)cc1Br)C1CCCC1CN. The van der Waals surface area contributed by atoms with Gasteiger partial charge in [-0.1, -0.05) is 6.42 Å². The molecule has 1 aromatic carbocycles. The predicted molar refractivity (Wildman–Crippen MR) is 81.0 cm³/mol. The molecule has 0 radical (unpaired) electrons. The Balaban J connectivity index is 2.24.